The molecule has 0 spiro atoms. The number of para-hydroxylation sites is 1. The van der Waals surface area contributed by atoms with E-state index in [9.17, 15) is 5.26 Å². The topological polar surface area (TPSA) is 63.8 Å². The Hall–Kier alpha value is -2.33. The first-order valence-electron chi connectivity index (χ1n) is 9.16. The zero-order chi connectivity index (χ0) is 21.0. The summed E-state index contributed by atoms with van der Waals surface area (Å²) in [4.78, 5) is 7.08. The van der Waals surface area contributed by atoms with E-state index in [1.165, 1.54) is 11.3 Å². The maximum atomic E-state index is 10.5. The van der Waals surface area contributed by atoms with Crippen LogP contribution in [0.2, 0.25) is 5.02 Å². The van der Waals surface area contributed by atoms with Crippen LogP contribution in [0, 0.1) is 16.7 Å². The first kappa shape index (κ1) is 20.0. The summed E-state index contributed by atoms with van der Waals surface area (Å²) in [5.74, 6) is -0.412. The number of thiocarbonyl (C=S) groups is 1. The van der Waals surface area contributed by atoms with Gasteiger partial charge in [0, 0.05) is 10.6 Å². The number of rotatable bonds is 2. The fraction of sp³-hybridized carbons (Fsp3) is 0.273. The van der Waals surface area contributed by atoms with Gasteiger partial charge in [-0.15, -0.1) is 11.3 Å². The Bertz CT molecular complexity index is 1150. The minimum Gasteiger partial charge on any atom is -0.317 e. The lowest BCUT2D eigenvalue weighted by atomic mass is 9.75. The molecule has 2 heterocycles. The van der Waals surface area contributed by atoms with Crippen molar-refractivity contribution in [3.63, 3.8) is 0 Å². The van der Waals surface area contributed by atoms with Crippen LogP contribution in [-0.2, 0) is 5.41 Å². The van der Waals surface area contributed by atoms with Crippen molar-refractivity contribution in [1.29, 1.82) is 10.7 Å². The number of fused-ring (bicyclic) bond motifs is 1. The summed E-state index contributed by atoms with van der Waals surface area (Å²) >= 11 is 13.9. The second-order valence-electron chi connectivity index (χ2n) is 8.05. The van der Waals surface area contributed by atoms with Gasteiger partial charge in [-0.25, -0.2) is 4.98 Å². The van der Waals surface area contributed by atoms with Gasteiger partial charge in [0.1, 0.15) is 10.8 Å². The van der Waals surface area contributed by atoms with Gasteiger partial charge in [-0.1, -0.05) is 54.2 Å². The number of nitrogens with one attached hydrogen (secondary N) is 1. The highest BCUT2D eigenvalue weighted by Crippen LogP contribution is 2.52. The number of aromatic nitrogens is 1. The summed E-state index contributed by atoms with van der Waals surface area (Å²) in [6.45, 7) is 5.97. The fourth-order valence-corrected chi connectivity index (χ4v) is 5.96. The lowest BCUT2D eigenvalue weighted by Gasteiger charge is -2.34. The largest absolute Gasteiger partial charge is 0.317 e. The third-order valence-electron chi connectivity index (χ3n) is 5.19. The molecule has 2 atom stereocenters. The molecule has 1 N–H and O–H groups in total. The van der Waals surface area contributed by atoms with Crippen molar-refractivity contribution in [2.45, 2.75) is 37.6 Å². The van der Waals surface area contributed by atoms with Crippen molar-refractivity contribution in [3.8, 4) is 6.07 Å². The number of hydrogen-bond acceptors (Lipinski definition) is 5. The second kappa shape index (κ2) is 6.88. The van der Waals surface area contributed by atoms with Crippen molar-refractivity contribution >= 4 is 56.2 Å². The first-order chi connectivity index (χ1) is 13.7. The van der Waals surface area contributed by atoms with E-state index in [0.717, 1.165) is 15.8 Å². The van der Waals surface area contributed by atoms with Crippen molar-refractivity contribution in [2.24, 2.45) is 0 Å². The Morgan fingerprint density at radius 1 is 1.21 bits per heavy atom. The molecule has 4 nitrogen and oxygen atoms in total. The van der Waals surface area contributed by atoms with Gasteiger partial charge in [0.05, 0.1) is 27.2 Å². The quantitative estimate of drug-likeness (QED) is 0.505. The summed E-state index contributed by atoms with van der Waals surface area (Å²) in [6, 6.07) is 17.6. The summed E-state index contributed by atoms with van der Waals surface area (Å²) in [6.07, 6.45) is 0. The molecule has 0 amide bonds. The maximum Gasteiger partial charge on any atom is 0.179 e. The predicted molar refractivity (Wildman–Crippen MR) is 123 cm³/mol. The Morgan fingerprint density at radius 3 is 2.48 bits per heavy atom. The average molecular weight is 439 g/mol. The summed E-state index contributed by atoms with van der Waals surface area (Å²) < 4.78 is 0.975. The molecule has 3 aromatic rings. The van der Waals surface area contributed by atoms with Crippen molar-refractivity contribution in [2.75, 3.05) is 0 Å². The Labute approximate surface area is 184 Å². The van der Waals surface area contributed by atoms with Crippen LogP contribution in [0.25, 0.3) is 10.2 Å². The maximum absolute atomic E-state index is 10.5. The zero-order valence-electron chi connectivity index (χ0n) is 16.2. The zero-order valence-corrected chi connectivity index (χ0v) is 18.6. The van der Waals surface area contributed by atoms with E-state index < -0.39 is 16.9 Å². The van der Waals surface area contributed by atoms with Crippen LogP contribution in [0.5, 0.6) is 0 Å². The number of amidine groups is 1. The van der Waals surface area contributed by atoms with Crippen LogP contribution in [0.1, 0.15) is 37.3 Å². The average Bonchev–Trinajstić information content (AvgIpc) is 3.19. The van der Waals surface area contributed by atoms with Crippen LogP contribution in [0.4, 0.5) is 0 Å². The first-order valence-corrected chi connectivity index (χ1v) is 10.8. The molecule has 1 aromatic heterocycles. The minimum atomic E-state index is -1.33. The fourth-order valence-electron chi connectivity index (χ4n) is 3.91. The van der Waals surface area contributed by atoms with Gasteiger partial charge in [0.15, 0.2) is 5.41 Å². The van der Waals surface area contributed by atoms with Gasteiger partial charge >= 0.3 is 0 Å². The molecule has 29 heavy (non-hydrogen) atoms. The van der Waals surface area contributed by atoms with Crippen molar-refractivity contribution < 1.29 is 0 Å². The monoisotopic (exact) mass is 438 g/mol. The van der Waals surface area contributed by atoms with E-state index in [1.807, 2.05) is 63.2 Å². The molecule has 0 bridgehead atoms. The molecule has 0 saturated carbocycles. The lowest BCUT2D eigenvalue weighted by molar-refractivity contribution is 0.346. The minimum absolute atomic E-state index is 0.154. The van der Waals surface area contributed by atoms with Gasteiger partial charge < -0.3 is 4.90 Å². The van der Waals surface area contributed by atoms with Gasteiger partial charge in [0.25, 0.3) is 0 Å². The van der Waals surface area contributed by atoms with E-state index in [0.29, 0.717) is 15.0 Å². The van der Waals surface area contributed by atoms with Gasteiger partial charge in [-0.05, 0) is 44.5 Å². The standard InChI is InChI=1S/C22H19ClN4S2/c1-21(2,3)27-18(28)17(13-8-4-5-9-14(13)23)22(12-24,19(27)25)20-26-15-10-6-7-11-16(15)29-20/h4-11,17,25H,1-3H3/t17-,22+/m0/s1. The Kier molecular flexibility index (Phi) is 4.73. The predicted octanol–water partition coefficient (Wildman–Crippen LogP) is 5.91. The third-order valence-corrected chi connectivity index (χ3v) is 7.13. The van der Waals surface area contributed by atoms with Crippen LogP contribution in [0.3, 0.4) is 0 Å². The Morgan fingerprint density at radius 2 is 1.86 bits per heavy atom. The van der Waals surface area contributed by atoms with E-state index in [4.69, 9.17) is 34.2 Å². The van der Waals surface area contributed by atoms with Crippen LogP contribution in [-0.4, -0.2) is 26.2 Å². The molecule has 2 aromatic carbocycles. The molecule has 0 radical (unpaired) electrons. The number of hydrogen-bond donors (Lipinski definition) is 1. The number of likely N-dealkylation sites (tertiary alicyclic amines) is 1. The molecule has 7 heteroatoms. The SMILES string of the molecule is CC(C)(C)N1C(=N)[C@](C#N)(c2nc3ccccc3s2)[C@@H](c2ccccc2Cl)C1=S. The number of thiazole rings is 1. The van der Waals surface area contributed by atoms with Crippen LogP contribution < -0.4 is 0 Å². The molecule has 0 aliphatic carbocycles. The number of benzene rings is 2. The third kappa shape index (κ3) is 2.88. The molecule has 0 unspecified atom stereocenters. The highest BCUT2D eigenvalue weighted by molar-refractivity contribution is 7.80. The summed E-state index contributed by atoms with van der Waals surface area (Å²) in [7, 11) is 0. The van der Waals surface area contributed by atoms with Crippen molar-refractivity contribution in [3.05, 3.63) is 64.1 Å². The van der Waals surface area contributed by atoms with Gasteiger partial charge in [-0.2, -0.15) is 5.26 Å². The Balaban J connectivity index is 2.05. The molecule has 1 fully saturated rings. The van der Waals surface area contributed by atoms with Crippen molar-refractivity contribution in [1.82, 2.24) is 9.88 Å². The van der Waals surface area contributed by atoms with Crippen LogP contribution in [0.15, 0.2) is 48.5 Å². The van der Waals surface area contributed by atoms with E-state index >= 15 is 0 Å². The molecular weight excluding hydrogens is 420 g/mol. The number of nitriles is 1. The lowest BCUT2D eigenvalue weighted by Crippen LogP contribution is -2.47. The molecule has 1 aliphatic rings. The summed E-state index contributed by atoms with van der Waals surface area (Å²) in [5.41, 5.74) is -0.230. The molecule has 1 saturated heterocycles. The molecule has 1 aliphatic heterocycles. The normalized spacial score (nSPS) is 22.3. The molecule has 146 valence electrons. The molecule has 4 rings (SSSR count). The highest BCUT2D eigenvalue weighted by atomic mass is 35.5. The van der Waals surface area contributed by atoms with E-state index in [1.54, 1.807) is 11.0 Å². The van der Waals surface area contributed by atoms with Crippen LogP contribution >= 0.6 is 35.2 Å². The highest BCUT2D eigenvalue weighted by Gasteiger charge is 2.61. The summed E-state index contributed by atoms with van der Waals surface area (Å²) in [5, 5.41) is 20.7. The van der Waals surface area contributed by atoms with E-state index in [-0.39, 0.29) is 5.84 Å². The number of nitrogens with zero attached hydrogens (tertiary/aromatic N) is 3. The molecular formula is C22H19ClN4S2. The smallest absolute Gasteiger partial charge is 0.179 e. The van der Waals surface area contributed by atoms with Gasteiger partial charge in [-0.3, -0.25) is 5.41 Å². The van der Waals surface area contributed by atoms with Gasteiger partial charge in [0.2, 0.25) is 0 Å². The van der Waals surface area contributed by atoms with E-state index in [2.05, 4.69) is 6.07 Å². The number of halogens is 1. The second-order valence-corrected chi connectivity index (χ2v) is 9.91.